The van der Waals surface area contributed by atoms with Crippen molar-refractivity contribution in [2.75, 3.05) is 5.88 Å². The average Bonchev–Trinajstić information content (AvgIpc) is 1.85. The van der Waals surface area contributed by atoms with E-state index in [0.717, 1.165) is 12.0 Å². The zero-order valence-electron chi connectivity index (χ0n) is 6.15. The summed E-state index contributed by atoms with van der Waals surface area (Å²) in [5, 5.41) is 0. The molecule has 0 saturated carbocycles. The van der Waals surface area contributed by atoms with Crippen molar-refractivity contribution in [1.82, 2.24) is 0 Å². The molecule has 0 fully saturated rings. The van der Waals surface area contributed by atoms with Gasteiger partial charge < -0.3 is 0 Å². The van der Waals surface area contributed by atoms with Gasteiger partial charge in [-0.05, 0) is 13.3 Å². The maximum atomic E-state index is 5.67. The first kappa shape index (κ1) is 7.62. The van der Waals surface area contributed by atoms with E-state index >= 15 is 0 Å². The highest BCUT2D eigenvalue weighted by Gasteiger charge is 2.03. The minimum absolute atomic E-state index is 0.629. The van der Waals surface area contributed by atoms with Gasteiger partial charge in [-0.1, -0.05) is 35.5 Å². The first-order chi connectivity index (χ1) is 4.72. The van der Waals surface area contributed by atoms with Gasteiger partial charge in [0.2, 0.25) is 0 Å². The first-order valence-electron chi connectivity index (χ1n) is 3.34. The van der Waals surface area contributed by atoms with Crippen LogP contribution in [-0.2, 0) is 0 Å². The van der Waals surface area contributed by atoms with Crippen LogP contribution >= 0.6 is 11.6 Å². The summed E-state index contributed by atoms with van der Waals surface area (Å²) in [5.74, 6) is 0.629. The van der Waals surface area contributed by atoms with E-state index in [4.69, 9.17) is 11.6 Å². The zero-order valence-corrected chi connectivity index (χ0v) is 6.91. The van der Waals surface area contributed by atoms with Crippen molar-refractivity contribution in [3.8, 4) is 0 Å². The molecular formula is C9H11Cl. The van der Waals surface area contributed by atoms with E-state index in [1.165, 1.54) is 11.1 Å². The second kappa shape index (κ2) is 3.07. The molecule has 0 unspecified atom stereocenters. The Morgan fingerprint density at radius 3 is 2.80 bits per heavy atom. The summed E-state index contributed by atoms with van der Waals surface area (Å²) in [5.41, 5.74) is 3.69. The topological polar surface area (TPSA) is 0 Å². The van der Waals surface area contributed by atoms with Gasteiger partial charge in [-0.2, -0.15) is 0 Å². The molecule has 0 aromatic heterocycles. The summed E-state index contributed by atoms with van der Waals surface area (Å²) in [6, 6.07) is 0. The van der Waals surface area contributed by atoms with Gasteiger partial charge in [-0.25, -0.2) is 0 Å². The van der Waals surface area contributed by atoms with Crippen LogP contribution in [0, 0.1) is 0 Å². The van der Waals surface area contributed by atoms with Crippen molar-refractivity contribution in [3.05, 3.63) is 35.5 Å². The molecule has 0 spiro atoms. The molecule has 0 bridgehead atoms. The normalized spacial score (nSPS) is 18.4. The molecule has 0 radical (unpaired) electrons. The Kier molecular flexibility index (Phi) is 2.34. The Bertz CT molecular complexity index is 209. The Balaban J connectivity index is 2.80. The van der Waals surface area contributed by atoms with E-state index in [0.29, 0.717) is 5.88 Å². The van der Waals surface area contributed by atoms with Gasteiger partial charge in [0, 0.05) is 5.88 Å². The molecule has 0 aromatic carbocycles. The van der Waals surface area contributed by atoms with Crippen LogP contribution in [0.15, 0.2) is 35.5 Å². The molecule has 0 nitrogen and oxygen atoms in total. The SMILES string of the molecule is C=C1C=C(C)C=C(CCl)C1. The van der Waals surface area contributed by atoms with E-state index in [-0.39, 0.29) is 0 Å². The smallest absolute Gasteiger partial charge is 0.0439 e. The van der Waals surface area contributed by atoms with Gasteiger partial charge in [0.25, 0.3) is 0 Å². The zero-order chi connectivity index (χ0) is 7.56. The molecule has 0 atom stereocenters. The van der Waals surface area contributed by atoms with E-state index in [9.17, 15) is 0 Å². The van der Waals surface area contributed by atoms with Crippen LogP contribution in [0.1, 0.15) is 13.3 Å². The second-order valence-electron chi connectivity index (χ2n) is 2.66. The van der Waals surface area contributed by atoms with Crippen LogP contribution in [0.5, 0.6) is 0 Å². The molecule has 1 aliphatic carbocycles. The van der Waals surface area contributed by atoms with E-state index < -0.39 is 0 Å². The summed E-state index contributed by atoms with van der Waals surface area (Å²) in [6.07, 6.45) is 5.17. The standard InChI is InChI=1S/C9H11Cl/c1-7-3-8(2)5-9(4-7)6-10/h3,5H,1,4,6H2,2H3. The van der Waals surface area contributed by atoms with Crippen LogP contribution in [-0.4, -0.2) is 5.88 Å². The summed E-state index contributed by atoms with van der Waals surface area (Å²) in [4.78, 5) is 0. The number of alkyl halides is 1. The third kappa shape index (κ3) is 1.74. The highest BCUT2D eigenvalue weighted by molar-refractivity contribution is 6.19. The lowest BCUT2D eigenvalue weighted by Gasteiger charge is -2.10. The minimum Gasteiger partial charge on any atom is -0.122 e. The monoisotopic (exact) mass is 154 g/mol. The molecule has 0 heterocycles. The van der Waals surface area contributed by atoms with Crippen molar-refractivity contribution in [2.45, 2.75) is 13.3 Å². The summed E-state index contributed by atoms with van der Waals surface area (Å²) >= 11 is 5.67. The van der Waals surface area contributed by atoms with E-state index in [1.807, 2.05) is 0 Å². The molecule has 0 aromatic rings. The highest BCUT2D eigenvalue weighted by atomic mass is 35.5. The van der Waals surface area contributed by atoms with Crippen molar-refractivity contribution in [3.63, 3.8) is 0 Å². The Labute approximate surface area is 66.9 Å². The van der Waals surface area contributed by atoms with Gasteiger partial charge in [0.15, 0.2) is 0 Å². The third-order valence-corrected chi connectivity index (χ3v) is 1.83. The van der Waals surface area contributed by atoms with Gasteiger partial charge in [-0.3, -0.25) is 0 Å². The maximum Gasteiger partial charge on any atom is 0.0439 e. The molecule has 0 N–H and O–H groups in total. The molecule has 10 heavy (non-hydrogen) atoms. The molecule has 1 heteroatoms. The predicted molar refractivity (Wildman–Crippen MR) is 46.3 cm³/mol. The molecule has 54 valence electrons. The van der Waals surface area contributed by atoms with Crippen molar-refractivity contribution in [1.29, 1.82) is 0 Å². The van der Waals surface area contributed by atoms with Crippen LogP contribution < -0.4 is 0 Å². The number of hydrogen-bond acceptors (Lipinski definition) is 0. The molecule has 0 aliphatic heterocycles. The largest absolute Gasteiger partial charge is 0.122 e. The lowest BCUT2D eigenvalue weighted by Crippen LogP contribution is -1.93. The Morgan fingerprint density at radius 1 is 1.60 bits per heavy atom. The Hall–Kier alpha value is -0.490. The second-order valence-corrected chi connectivity index (χ2v) is 2.93. The third-order valence-electron chi connectivity index (χ3n) is 1.49. The van der Waals surface area contributed by atoms with Gasteiger partial charge in [0.1, 0.15) is 0 Å². The van der Waals surface area contributed by atoms with Crippen LogP contribution in [0.25, 0.3) is 0 Å². The summed E-state index contributed by atoms with van der Waals surface area (Å²) in [7, 11) is 0. The number of allylic oxidation sites excluding steroid dienone is 5. The lowest BCUT2D eigenvalue weighted by molar-refractivity contribution is 1.12. The first-order valence-corrected chi connectivity index (χ1v) is 3.87. The maximum absolute atomic E-state index is 5.67. The molecule has 0 amide bonds. The molecular weight excluding hydrogens is 144 g/mol. The fourth-order valence-corrected chi connectivity index (χ4v) is 1.34. The van der Waals surface area contributed by atoms with Gasteiger partial charge in [-0.15, -0.1) is 11.6 Å². The number of rotatable bonds is 1. The highest BCUT2D eigenvalue weighted by Crippen LogP contribution is 2.20. The molecule has 1 rings (SSSR count). The molecule has 1 aliphatic rings. The van der Waals surface area contributed by atoms with Crippen molar-refractivity contribution in [2.24, 2.45) is 0 Å². The van der Waals surface area contributed by atoms with Crippen LogP contribution in [0.4, 0.5) is 0 Å². The van der Waals surface area contributed by atoms with Crippen LogP contribution in [0.3, 0.4) is 0 Å². The number of halogens is 1. The van der Waals surface area contributed by atoms with Gasteiger partial charge in [0.05, 0.1) is 0 Å². The molecule has 0 saturated heterocycles. The van der Waals surface area contributed by atoms with Crippen molar-refractivity contribution >= 4 is 11.6 Å². The van der Waals surface area contributed by atoms with E-state index in [2.05, 4.69) is 25.7 Å². The van der Waals surface area contributed by atoms with Crippen molar-refractivity contribution < 1.29 is 0 Å². The lowest BCUT2D eigenvalue weighted by atomic mass is 9.98. The quantitative estimate of drug-likeness (QED) is 0.510. The Morgan fingerprint density at radius 2 is 2.30 bits per heavy atom. The summed E-state index contributed by atoms with van der Waals surface area (Å²) < 4.78 is 0. The summed E-state index contributed by atoms with van der Waals surface area (Å²) in [6.45, 7) is 5.95. The predicted octanol–water partition coefficient (Wildman–Crippen LogP) is 3.06. The average molecular weight is 155 g/mol. The van der Waals surface area contributed by atoms with Crippen LogP contribution in [0.2, 0.25) is 0 Å². The van der Waals surface area contributed by atoms with E-state index in [1.54, 1.807) is 0 Å². The fraction of sp³-hybridized carbons (Fsp3) is 0.333. The number of hydrogen-bond donors (Lipinski definition) is 0. The van der Waals surface area contributed by atoms with Gasteiger partial charge >= 0.3 is 0 Å². The fourth-order valence-electron chi connectivity index (χ4n) is 1.17. The minimum atomic E-state index is 0.629.